The van der Waals surface area contributed by atoms with Crippen molar-refractivity contribution in [2.24, 2.45) is 16.7 Å². The number of rotatable bonds is 6. The van der Waals surface area contributed by atoms with Gasteiger partial charge in [-0.2, -0.15) is 0 Å². The third-order valence-electron chi connectivity index (χ3n) is 5.11. The molecule has 2 aliphatic rings. The summed E-state index contributed by atoms with van der Waals surface area (Å²) in [5.74, 6) is 0.693. The van der Waals surface area contributed by atoms with E-state index >= 15 is 0 Å². The van der Waals surface area contributed by atoms with Gasteiger partial charge in [-0.05, 0) is 43.6 Å². The van der Waals surface area contributed by atoms with Crippen LogP contribution < -0.4 is 10.6 Å². The van der Waals surface area contributed by atoms with Gasteiger partial charge in [0, 0.05) is 13.1 Å². The van der Waals surface area contributed by atoms with Crippen molar-refractivity contribution in [2.75, 3.05) is 19.6 Å². The van der Waals surface area contributed by atoms with Gasteiger partial charge in [0.15, 0.2) is 0 Å². The Morgan fingerprint density at radius 3 is 2.50 bits per heavy atom. The lowest BCUT2D eigenvalue weighted by atomic mass is 9.75. The zero-order valence-electron chi connectivity index (χ0n) is 12.1. The van der Waals surface area contributed by atoms with Crippen LogP contribution in [0.1, 0.15) is 52.9 Å². The average Bonchev–Trinajstić information content (AvgIpc) is 2.92. The smallest absolute Gasteiger partial charge is 0.227 e. The van der Waals surface area contributed by atoms with Crippen molar-refractivity contribution >= 4 is 5.91 Å². The van der Waals surface area contributed by atoms with Crippen molar-refractivity contribution in [2.45, 2.75) is 52.9 Å². The summed E-state index contributed by atoms with van der Waals surface area (Å²) in [4.78, 5) is 12.5. The Kier molecular flexibility index (Phi) is 4.00. The van der Waals surface area contributed by atoms with E-state index in [1.54, 1.807) is 0 Å². The molecular formula is C15H28N2O. The lowest BCUT2D eigenvalue weighted by Gasteiger charge is -2.32. The Balaban J connectivity index is 1.90. The molecule has 1 saturated heterocycles. The second-order valence-electron chi connectivity index (χ2n) is 6.67. The predicted octanol–water partition coefficient (Wildman–Crippen LogP) is 2.32. The van der Waals surface area contributed by atoms with Gasteiger partial charge in [-0.25, -0.2) is 0 Å². The Morgan fingerprint density at radius 2 is 2.06 bits per heavy atom. The Labute approximate surface area is 111 Å². The first-order chi connectivity index (χ1) is 8.55. The topological polar surface area (TPSA) is 41.1 Å². The maximum absolute atomic E-state index is 12.5. The van der Waals surface area contributed by atoms with Crippen LogP contribution in [0.15, 0.2) is 0 Å². The lowest BCUT2D eigenvalue weighted by molar-refractivity contribution is -0.132. The van der Waals surface area contributed by atoms with Crippen molar-refractivity contribution in [3.63, 3.8) is 0 Å². The zero-order valence-corrected chi connectivity index (χ0v) is 12.1. The first kappa shape index (κ1) is 13.9. The summed E-state index contributed by atoms with van der Waals surface area (Å²) in [5, 5.41) is 6.61. The largest absolute Gasteiger partial charge is 0.355 e. The molecule has 2 N–H and O–H groups in total. The van der Waals surface area contributed by atoms with Crippen LogP contribution in [-0.4, -0.2) is 25.5 Å². The van der Waals surface area contributed by atoms with Crippen LogP contribution in [0.4, 0.5) is 0 Å². The molecule has 0 bridgehead atoms. The highest BCUT2D eigenvalue weighted by Crippen LogP contribution is 2.49. The van der Waals surface area contributed by atoms with E-state index in [0.29, 0.717) is 11.3 Å². The van der Waals surface area contributed by atoms with E-state index in [1.807, 2.05) is 0 Å². The van der Waals surface area contributed by atoms with Crippen LogP contribution in [0.5, 0.6) is 0 Å². The minimum atomic E-state index is -0.164. The second-order valence-corrected chi connectivity index (χ2v) is 6.67. The molecule has 3 heteroatoms. The SMILES string of the molecule is CCCC1(CNC(=O)C2(C(C)C)CCNC2)CC1. The van der Waals surface area contributed by atoms with Crippen molar-refractivity contribution in [1.82, 2.24) is 10.6 Å². The fourth-order valence-electron chi connectivity index (χ4n) is 3.33. The monoisotopic (exact) mass is 252 g/mol. The molecule has 3 nitrogen and oxygen atoms in total. The van der Waals surface area contributed by atoms with Crippen LogP contribution in [-0.2, 0) is 4.79 Å². The fourth-order valence-corrected chi connectivity index (χ4v) is 3.33. The number of carbonyl (C=O) groups is 1. The highest BCUT2D eigenvalue weighted by Gasteiger charge is 2.46. The Morgan fingerprint density at radius 1 is 1.33 bits per heavy atom. The first-order valence-electron chi connectivity index (χ1n) is 7.54. The standard InChI is InChI=1S/C15H28N2O/c1-4-5-14(6-7-14)10-17-13(18)15(12(2)3)8-9-16-11-15/h12,16H,4-11H2,1-3H3,(H,17,18). The molecule has 1 amide bonds. The molecule has 2 fully saturated rings. The van der Waals surface area contributed by atoms with Crippen LogP contribution in [0.25, 0.3) is 0 Å². The minimum absolute atomic E-state index is 0.164. The molecule has 1 atom stereocenters. The van der Waals surface area contributed by atoms with Crippen LogP contribution in [0.3, 0.4) is 0 Å². The molecule has 0 aromatic carbocycles. The molecule has 1 unspecified atom stereocenters. The Hall–Kier alpha value is -0.570. The molecule has 0 radical (unpaired) electrons. The van der Waals surface area contributed by atoms with Gasteiger partial charge in [-0.15, -0.1) is 0 Å². The fraction of sp³-hybridized carbons (Fsp3) is 0.933. The number of hydrogen-bond donors (Lipinski definition) is 2. The van der Waals surface area contributed by atoms with Gasteiger partial charge < -0.3 is 10.6 Å². The molecule has 1 heterocycles. The second kappa shape index (κ2) is 5.20. The summed E-state index contributed by atoms with van der Waals surface area (Å²) in [5.41, 5.74) is 0.289. The molecule has 0 aromatic heterocycles. The summed E-state index contributed by atoms with van der Waals surface area (Å²) in [6.07, 6.45) is 6.08. The van der Waals surface area contributed by atoms with E-state index in [1.165, 1.54) is 25.7 Å². The summed E-state index contributed by atoms with van der Waals surface area (Å²) in [7, 11) is 0. The number of amides is 1. The van der Waals surface area contributed by atoms with E-state index in [9.17, 15) is 4.79 Å². The van der Waals surface area contributed by atoms with Crippen molar-refractivity contribution in [3.8, 4) is 0 Å². The van der Waals surface area contributed by atoms with E-state index < -0.39 is 0 Å². The maximum Gasteiger partial charge on any atom is 0.227 e. The van der Waals surface area contributed by atoms with Crippen LogP contribution >= 0.6 is 0 Å². The average molecular weight is 252 g/mol. The maximum atomic E-state index is 12.5. The van der Waals surface area contributed by atoms with Gasteiger partial charge >= 0.3 is 0 Å². The van der Waals surface area contributed by atoms with Gasteiger partial charge in [-0.1, -0.05) is 27.2 Å². The van der Waals surface area contributed by atoms with Crippen molar-refractivity contribution in [3.05, 3.63) is 0 Å². The first-order valence-corrected chi connectivity index (χ1v) is 7.54. The molecule has 1 saturated carbocycles. The third kappa shape index (κ3) is 2.56. The number of carbonyl (C=O) groups excluding carboxylic acids is 1. The van der Waals surface area contributed by atoms with Gasteiger partial charge in [0.1, 0.15) is 0 Å². The minimum Gasteiger partial charge on any atom is -0.355 e. The highest BCUT2D eigenvalue weighted by molar-refractivity contribution is 5.83. The van der Waals surface area contributed by atoms with E-state index in [2.05, 4.69) is 31.4 Å². The predicted molar refractivity (Wildman–Crippen MR) is 74.3 cm³/mol. The highest BCUT2D eigenvalue weighted by atomic mass is 16.2. The zero-order chi connectivity index (χ0) is 13.2. The van der Waals surface area contributed by atoms with Gasteiger partial charge in [0.2, 0.25) is 5.91 Å². The number of hydrogen-bond acceptors (Lipinski definition) is 2. The number of nitrogens with one attached hydrogen (secondary N) is 2. The quantitative estimate of drug-likeness (QED) is 0.761. The van der Waals surface area contributed by atoms with E-state index in [-0.39, 0.29) is 11.3 Å². The molecule has 0 spiro atoms. The van der Waals surface area contributed by atoms with Crippen LogP contribution in [0, 0.1) is 16.7 Å². The van der Waals surface area contributed by atoms with E-state index in [4.69, 9.17) is 0 Å². The molecule has 104 valence electrons. The van der Waals surface area contributed by atoms with E-state index in [0.717, 1.165) is 26.1 Å². The third-order valence-corrected chi connectivity index (χ3v) is 5.11. The van der Waals surface area contributed by atoms with Gasteiger partial charge in [-0.3, -0.25) is 4.79 Å². The molecule has 1 aliphatic heterocycles. The van der Waals surface area contributed by atoms with Gasteiger partial charge in [0.05, 0.1) is 5.41 Å². The molecule has 0 aromatic rings. The summed E-state index contributed by atoms with van der Waals surface area (Å²) < 4.78 is 0. The lowest BCUT2D eigenvalue weighted by Crippen LogP contribution is -2.47. The molecule has 18 heavy (non-hydrogen) atoms. The summed E-state index contributed by atoms with van der Waals surface area (Å²) in [6.45, 7) is 9.30. The molecular weight excluding hydrogens is 224 g/mol. The summed E-state index contributed by atoms with van der Waals surface area (Å²) in [6, 6.07) is 0. The normalized spacial score (nSPS) is 29.6. The summed E-state index contributed by atoms with van der Waals surface area (Å²) >= 11 is 0. The van der Waals surface area contributed by atoms with Crippen molar-refractivity contribution in [1.29, 1.82) is 0 Å². The van der Waals surface area contributed by atoms with Gasteiger partial charge in [0.25, 0.3) is 0 Å². The van der Waals surface area contributed by atoms with Crippen molar-refractivity contribution < 1.29 is 4.79 Å². The Bertz CT molecular complexity index is 302. The molecule has 1 aliphatic carbocycles. The molecule has 2 rings (SSSR count). The van der Waals surface area contributed by atoms with Crippen LogP contribution in [0.2, 0.25) is 0 Å².